The van der Waals surface area contributed by atoms with Gasteiger partial charge in [-0.15, -0.1) is 11.3 Å². The molecule has 0 aliphatic carbocycles. The van der Waals surface area contributed by atoms with Crippen LogP contribution in [0.15, 0.2) is 108 Å². The highest BCUT2D eigenvalue weighted by atomic mass is 35.5. The molecule has 0 radical (unpaired) electrons. The fourth-order valence-corrected chi connectivity index (χ4v) is 8.90. The molecule has 18 heteroatoms. The fraction of sp³-hybridized carbons (Fsp3) is 0.411. The molecule has 6 rings (SSSR count). The Bertz CT molecular complexity index is 2560. The lowest BCUT2D eigenvalue weighted by atomic mass is 9.88. The van der Waals surface area contributed by atoms with Crippen molar-refractivity contribution in [2.75, 3.05) is 103 Å². The second-order valence-corrected chi connectivity index (χ2v) is 18.6. The first-order chi connectivity index (χ1) is 36.1. The number of anilines is 2. The van der Waals surface area contributed by atoms with Gasteiger partial charge in [-0.3, -0.25) is 14.4 Å². The lowest BCUT2D eigenvalue weighted by molar-refractivity contribution is -0.118. The normalized spacial score (nSPS) is 14.7. The van der Waals surface area contributed by atoms with Crippen LogP contribution in [0.3, 0.4) is 0 Å². The van der Waals surface area contributed by atoms with Gasteiger partial charge in [0.25, 0.3) is 11.8 Å². The van der Waals surface area contributed by atoms with E-state index >= 15 is 0 Å². The molecule has 0 spiro atoms. The Balaban J connectivity index is 0.729. The van der Waals surface area contributed by atoms with E-state index in [2.05, 4.69) is 33.9 Å². The molecule has 1 aliphatic rings. The monoisotopic (exact) mass is 1050 g/mol. The molecule has 3 atom stereocenters. The molecule has 0 fully saturated rings. The maximum absolute atomic E-state index is 12.9. The van der Waals surface area contributed by atoms with Crippen molar-refractivity contribution in [2.45, 2.75) is 58.2 Å². The van der Waals surface area contributed by atoms with Crippen LogP contribution in [-0.4, -0.2) is 121 Å². The molecule has 394 valence electrons. The summed E-state index contributed by atoms with van der Waals surface area (Å²) in [5, 5.41) is 22.1. The maximum atomic E-state index is 12.9. The minimum atomic E-state index is -0.429. The number of thiazole rings is 1. The molecule has 5 aromatic rings. The first-order valence-electron chi connectivity index (χ1n) is 25.0. The fourth-order valence-electron chi connectivity index (χ4n) is 8.20. The molecule has 1 aromatic heterocycles. The van der Waals surface area contributed by atoms with E-state index in [1.165, 1.54) is 17.4 Å². The van der Waals surface area contributed by atoms with Gasteiger partial charge >= 0.3 is 0 Å². The van der Waals surface area contributed by atoms with Crippen molar-refractivity contribution in [3.63, 3.8) is 0 Å². The number of halogens is 1. The van der Waals surface area contributed by atoms with Gasteiger partial charge in [-0.1, -0.05) is 55.3 Å². The smallest absolute Gasteiger partial charge is 0.262 e. The number of fused-ring (bicyclic) bond motifs is 1. The number of aromatic nitrogens is 1. The standard InChI is InChI=1S/C56H67ClN6O10S/c1-4-5-51(62-56(66)46(39-58)38-54-59-21-35-74-54)43-10-17-49(18-11-43)73-34-33-72-32-31-71-30-29-70-28-27-69-26-25-68-24-23-67-22-20-60-55(65)44-8-6-42(7-9-44)45-12-19-53-50(37-45)52(36-40(2)63(53)41(3)64)61-48-15-13-47(57)14-16-48/h6-19,21,35,37-38,40,51-52,61H,4-5,20,22-34,36H2,1-3H3,(H,60,65)(H,62,66)/b46-38+/t40-,51+,52+/m0/s1. The van der Waals surface area contributed by atoms with Crippen LogP contribution in [0.25, 0.3) is 17.2 Å². The second-order valence-electron chi connectivity index (χ2n) is 17.2. The van der Waals surface area contributed by atoms with Crippen molar-refractivity contribution < 1.29 is 47.5 Å². The van der Waals surface area contributed by atoms with E-state index in [0.29, 0.717) is 114 Å². The zero-order chi connectivity index (χ0) is 52.3. The number of carbonyl (C=O) groups is 3. The average molecular weight is 1050 g/mol. The third-order valence-corrected chi connectivity index (χ3v) is 12.8. The Hall–Kier alpha value is -6.20. The third-order valence-electron chi connectivity index (χ3n) is 11.8. The Morgan fingerprint density at radius 2 is 1.39 bits per heavy atom. The number of nitrogens with zero attached hydrogens (tertiary/aromatic N) is 3. The van der Waals surface area contributed by atoms with E-state index < -0.39 is 5.91 Å². The van der Waals surface area contributed by atoms with Gasteiger partial charge in [-0.2, -0.15) is 5.26 Å². The summed E-state index contributed by atoms with van der Waals surface area (Å²) in [5.74, 6) is 0.0826. The summed E-state index contributed by atoms with van der Waals surface area (Å²) in [6, 6.07) is 30.6. The predicted octanol–water partition coefficient (Wildman–Crippen LogP) is 9.23. The van der Waals surface area contributed by atoms with Crippen LogP contribution in [0.1, 0.15) is 78.6 Å². The van der Waals surface area contributed by atoms with E-state index in [4.69, 9.17) is 44.8 Å². The largest absolute Gasteiger partial charge is 0.491 e. The highest BCUT2D eigenvalue weighted by molar-refractivity contribution is 7.10. The van der Waals surface area contributed by atoms with Gasteiger partial charge in [0, 0.05) is 53.0 Å². The SMILES string of the molecule is CCC[C@@H](NC(=O)/C(C#N)=C/c1nccs1)c1ccc(OCCOCCOCCOCCOCCOCCOCCNC(=O)c2ccc(-c3ccc4c(c3)[C@H](Nc3ccc(Cl)cc3)C[C@H](C)N4C(C)=O)cc2)cc1. The molecular weight excluding hydrogens is 984 g/mol. The molecule has 0 unspecified atom stereocenters. The molecule has 0 bridgehead atoms. The Morgan fingerprint density at radius 1 is 0.797 bits per heavy atom. The summed E-state index contributed by atoms with van der Waals surface area (Å²) >= 11 is 7.49. The number of amides is 3. The van der Waals surface area contributed by atoms with Crippen LogP contribution in [-0.2, 0) is 38.0 Å². The van der Waals surface area contributed by atoms with Crippen LogP contribution in [0.2, 0.25) is 5.02 Å². The summed E-state index contributed by atoms with van der Waals surface area (Å²) in [4.78, 5) is 44.4. The molecule has 16 nitrogen and oxygen atoms in total. The Labute approximate surface area is 443 Å². The van der Waals surface area contributed by atoms with Crippen LogP contribution >= 0.6 is 22.9 Å². The zero-order valence-electron chi connectivity index (χ0n) is 42.4. The summed E-state index contributed by atoms with van der Waals surface area (Å²) in [5.41, 5.74) is 6.32. The molecule has 2 heterocycles. The summed E-state index contributed by atoms with van der Waals surface area (Å²) in [7, 11) is 0. The molecule has 0 saturated carbocycles. The number of carbonyl (C=O) groups excluding carboxylic acids is 3. The van der Waals surface area contributed by atoms with E-state index in [9.17, 15) is 19.6 Å². The number of ether oxygens (including phenoxy) is 7. The lowest BCUT2D eigenvalue weighted by Gasteiger charge is -2.39. The summed E-state index contributed by atoms with van der Waals surface area (Å²) < 4.78 is 39.3. The molecule has 0 saturated heterocycles. The van der Waals surface area contributed by atoms with Crippen LogP contribution in [0.5, 0.6) is 5.75 Å². The van der Waals surface area contributed by atoms with Crippen molar-refractivity contribution in [3.05, 3.63) is 135 Å². The van der Waals surface area contributed by atoms with Gasteiger partial charge in [0.1, 0.15) is 29.0 Å². The third kappa shape index (κ3) is 18.6. The number of nitriles is 1. The lowest BCUT2D eigenvalue weighted by Crippen LogP contribution is -2.43. The maximum Gasteiger partial charge on any atom is 0.262 e. The van der Waals surface area contributed by atoms with Gasteiger partial charge in [0.15, 0.2) is 0 Å². The first kappa shape index (κ1) is 57.1. The summed E-state index contributed by atoms with van der Waals surface area (Å²) in [6.07, 6.45) is 5.45. The molecule has 4 aromatic carbocycles. The van der Waals surface area contributed by atoms with Gasteiger partial charge in [0.2, 0.25) is 5.91 Å². The van der Waals surface area contributed by atoms with Crippen LogP contribution in [0, 0.1) is 11.3 Å². The second kappa shape index (κ2) is 31.5. The van der Waals surface area contributed by atoms with E-state index in [1.54, 1.807) is 18.5 Å². The van der Waals surface area contributed by atoms with Crippen molar-refractivity contribution in [1.82, 2.24) is 15.6 Å². The minimum Gasteiger partial charge on any atom is -0.491 e. The quantitative estimate of drug-likeness (QED) is 0.0210. The van der Waals surface area contributed by atoms with E-state index in [-0.39, 0.29) is 35.5 Å². The minimum absolute atomic E-state index is 0.00549. The number of hydrogen-bond donors (Lipinski definition) is 3. The Kier molecular flexibility index (Phi) is 24.3. The van der Waals surface area contributed by atoms with Crippen LogP contribution < -0.4 is 25.6 Å². The molecule has 74 heavy (non-hydrogen) atoms. The van der Waals surface area contributed by atoms with Crippen molar-refractivity contribution >= 4 is 58.1 Å². The molecule has 3 amide bonds. The van der Waals surface area contributed by atoms with Crippen molar-refractivity contribution in [3.8, 4) is 22.9 Å². The van der Waals surface area contributed by atoms with Gasteiger partial charge in [-0.25, -0.2) is 4.98 Å². The molecule has 3 N–H and O–H groups in total. The number of hydrogen-bond acceptors (Lipinski definition) is 14. The van der Waals surface area contributed by atoms with E-state index in [1.807, 2.05) is 103 Å². The highest BCUT2D eigenvalue weighted by Crippen LogP contribution is 2.41. The van der Waals surface area contributed by atoms with Gasteiger partial charge in [-0.05, 0) is 109 Å². The number of rotatable bonds is 32. The number of nitrogens with one attached hydrogen (secondary N) is 3. The average Bonchev–Trinajstić information content (AvgIpc) is 3.93. The highest BCUT2D eigenvalue weighted by Gasteiger charge is 2.33. The Morgan fingerprint density at radius 3 is 1.96 bits per heavy atom. The molecule has 1 aliphatic heterocycles. The summed E-state index contributed by atoms with van der Waals surface area (Å²) in [6.45, 7) is 11.5. The topological polar surface area (TPSA) is 192 Å². The van der Waals surface area contributed by atoms with Gasteiger partial charge in [0.05, 0.1) is 91.4 Å². The molecular formula is C56H67ClN6O10S. The predicted molar refractivity (Wildman–Crippen MR) is 288 cm³/mol. The zero-order valence-corrected chi connectivity index (χ0v) is 43.9. The van der Waals surface area contributed by atoms with Crippen molar-refractivity contribution in [2.24, 2.45) is 0 Å². The van der Waals surface area contributed by atoms with Crippen molar-refractivity contribution in [1.29, 1.82) is 5.26 Å². The first-order valence-corrected chi connectivity index (χ1v) is 26.2. The number of benzene rings is 4. The van der Waals surface area contributed by atoms with Crippen LogP contribution in [0.4, 0.5) is 11.4 Å². The van der Waals surface area contributed by atoms with Gasteiger partial charge < -0.3 is 54.0 Å². The van der Waals surface area contributed by atoms with E-state index in [0.717, 1.165) is 52.9 Å².